The number of fused-ring (bicyclic) bond motifs is 1. The number of nitrogens with one attached hydrogen (secondary N) is 1. The summed E-state index contributed by atoms with van der Waals surface area (Å²) in [5.74, 6) is 0.822. The Morgan fingerprint density at radius 1 is 1.23 bits per heavy atom. The van der Waals surface area contributed by atoms with Gasteiger partial charge in [0.2, 0.25) is 0 Å². The lowest BCUT2D eigenvalue weighted by Gasteiger charge is -2.07. The van der Waals surface area contributed by atoms with Crippen molar-refractivity contribution in [2.75, 3.05) is 0 Å². The summed E-state index contributed by atoms with van der Waals surface area (Å²) in [5, 5.41) is 10.5. The van der Waals surface area contributed by atoms with E-state index in [9.17, 15) is 5.11 Å². The maximum atomic E-state index is 9.55. The number of aromatic hydroxyl groups is 1. The summed E-state index contributed by atoms with van der Waals surface area (Å²) in [4.78, 5) is 3.15. The highest BCUT2D eigenvalue weighted by atomic mass is 16.3. The molecule has 13 heavy (non-hydrogen) atoms. The second-order valence-electron chi connectivity index (χ2n) is 3.59. The van der Waals surface area contributed by atoms with Crippen molar-refractivity contribution in [3.05, 3.63) is 30.0 Å². The van der Waals surface area contributed by atoms with Crippen LogP contribution in [-0.4, -0.2) is 10.1 Å². The first-order valence-electron chi connectivity index (χ1n) is 4.49. The molecule has 0 radical (unpaired) electrons. The van der Waals surface area contributed by atoms with Crippen molar-refractivity contribution in [3.8, 4) is 5.75 Å². The number of phenolic OH excluding ortho intramolecular Hbond substituents is 1. The minimum Gasteiger partial charge on any atom is -0.507 e. The van der Waals surface area contributed by atoms with Crippen LogP contribution in [0.2, 0.25) is 0 Å². The fraction of sp³-hybridized carbons (Fsp3) is 0.273. The van der Waals surface area contributed by atoms with E-state index in [1.54, 1.807) is 6.07 Å². The predicted octanol–water partition coefficient (Wildman–Crippen LogP) is 3.00. The van der Waals surface area contributed by atoms with Crippen LogP contribution in [0, 0.1) is 0 Å². The number of rotatable bonds is 1. The Bertz CT molecular complexity index is 429. The molecule has 0 fully saturated rings. The van der Waals surface area contributed by atoms with Crippen LogP contribution in [-0.2, 0) is 0 Å². The lowest BCUT2D eigenvalue weighted by Crippen LogP contribution is -1.88. The minimum absolute atomic E-state index is 0.348. The molecular weight excluding hydrogens is 162 g/mol. The molecule has 2 heteroatoms. The average Bonchev–Trinajstić information content (AvgIpc) is 2.53. The number of phenols is 1. The summed E-state index contributed by atoms with van der Waals surface area (Å²) in [6.07, 6.45) is 1.86. The van der Waals surface area contributed by atoms with Crippen LogP contribution >= 0.6 is 0 Å². The van der Waals surface area contributed by atoms with E-state index in [1.165, 1.54) is 5.56 Å². The van der Waals surface area contributed by atoms with Crippen molar-refractivity contribution in [2.24, 2.45) is 0 Å². The number of H-pyrrole nitrogens is 1. The lowest BCUT2D eigenvalue weighted by atomic mass is 10.0. The molecule has 2 aromatic rings. The van der Waals surface area contributed by atoms with Crippen molar-refractivity contribution in [2.45, 2.75) is 19.8 Å². The van der Waals surface area contributed by atoms with Gasteiger partial charge in [-0.25, -0.2) is 0 Å². The summed E-state index contributed by atoms with van der Waals surface area (Å²) < 4.78 is 0. The number of aromatic nitrogens is 1. The van der Waals surface area contributed by atoms with Crippen molar-refractivity contribution in [3.63, 3.8) is 0 Å². The molecular formula is C11H13NO. The average molecular weight is 175 g/mol. The first-order chi connectivity index (χ1) is 6.20. The maximum absolute atomic E-state index is 9.55. The van der Waals surface area contributed by atoms with Gasteiger partial charge in [-0.1, -0.05) is 19.9 Å². The smallest absolute Gasteiger partial charge is 0.124 e. The van der Waals surface area contributed by atoms with Crippen LogP contribution in [0.1, 0.15) is 25.3 Å². The molecule has 0 saturated carbocycles. The molecule has 0 bridgehead atoms. The summed E-state index contributed by atoms with van der Waals surface area (Å²) in [5.41, 5.74) is 2.30. The molecule has 0 aliphatic heterocycles. The fourth-order valence-electron chi connectivity index (χ4n) is 1.64. The molecule has 2 rings (SSSR count). The Balaban J connectivity index is 2.78. The van der Waals surface area contributed by atoms with Gasteiger partial charge in [-0.2, -0.15) is 0 Å². The Hall–Kier alpha value is -1.44. The first kappa shape index (κ1) is 8.17. The Labute approximate surface area is 77.2 Å². The predicted molar refractivity (Wildman–Crippen MR) is 54.1 cm³/mol. The molecule has 68 valence electrons. The molecule has 0 aliphatic rings. The third-order valence-corrected chi connectivity index (χ3v) is 2.35. The summed E-state index contributed by atoms with van der Waals surface area (Å²) in [7, 11) is 0. The largest absolute Gasteiger partial charge is 0.507 e. The number of benzene rings is 1. The highest BCUT2D eigenvalue weighted by Crippen LogP contribution is 2.30. The van der Waals surface area contributed by atoms with Gasteiger partial charge in [-0.05, 0) is 23.6 Å². The molecule has 0 spiro atoms. The first-order valence-corrected chi connectivity index (χ1v) is 4.49. The standard InChI is InChI=1S/C11H13NO/c1-7(2)8-3-4-10(13)9-5-6-12-11(8)9/h3-7,12-13H,1-2H3. The Morgan fingerprint density at radius 3 is 2.69 bits per heavy atom. The lowest BCUT2D eigenvalue weighted by molar-refractivity contribution is 0.481. The van der Waals surface area contributed by atoms with Crippen LogP contribution < -0.4 is 0 Å². The molecule has 0 atom stereocenters. The summed E-state index contributed by atoms with van der Waals surface area (Å²) in [6.45, 7) is 4.29. The zero-order valence-electron chi connectivity index (χ0n) is 7.83. The fourth-order valence-corrected chi connectivity index (χ4v) is 1.64. The van der Waals surface area contributed by atoms with Crippen molar-refractivity contribution in [1.29, 1.82) is 0 Å². The molecule has 1 aromatic heterocycles. The number of hydrogen-bond acceptors (Lipinski definition) is 1. The maximum Gasteiger partial charge on any atom is 0.124 e. The van der Waals surface area contributed by atoms with E-state index in [2.05, 4.69) is 18.8 Å². The second-order valence-corrected chi connectivity index (χ2v) is 3.59. The Kier molecular flexibility index (Phi) is 1.76. The number of aromatic amines is 1. The van der Waals surface area contributed by atoms with Crippen molar-refractivity contribution in [1.82, 2.24) is 4.98 Å². The minimum atomic E-state index is 0.348. The third kappa shape index (κ3) is 1.18. The monoisotopic (exact) mass is 175 g/mol. The van der Waals surface area contributed by atoms with Gasteiger partial charge in [0.05, 0.1) is 5.52 Å². The zero-order chi connectivity index (χ0) is 9.42. The van der Waals surface area contributed by atoms with Gasteiger partial charge in [0.15, 0.2) is 0 Å². The highest BCUT2D eigenvalue weighted by molar-refractivity contribution is 5.88. The van der Waals surface area contributed by atoms with Gasteiger partial charge < -0.3 is 10.1 Å². The summed E-state index contributed by atoms with van der Waals surface area (Å²) in [6, 6.07) is 5.63. The van der Waals surface area contributed by atoms with E-state index < -0.39 is 0 Å². The van der Waals surface area contributed by atoms with Gasteiger partial charge in [-0.15, -0.1) is 0 Å². The molecule has 0 aliphatic carbocycles. The topological polar surface area (TPSA) is 36.0 Å². The van der Waals surface area contributed by atoms with Crippen molar-refractivity contribution < 1.29 is 5.11 Å². The highest BCUT2D eigenvalue weighted by Gasteiger charge is 2.08. The van der Waals surface area contributed by atoms with Crippen LogP contribution in [0.3, 0.4) is 0 Å². The molecule has 1 heterocycles. The quantitative estimate of drug-likeness (QED) is 0.686. The summed E-state index contributed by atoms with van der Waals surface area (Å²) >= 11 is 0. The van der Waals surface area contributed by atoms with Gasteiger partial charge >= 0.3 is 0 Å². The molecule has 0 saturated heterocycles. The van der Waals surface area contributed by atoms with Crippen LogP contribution in [0.4, 0.5) is 0 Å². The molecule has 2 nitrogen and oxygen atoms in total. The van der Waals surface area contributed by atoms with E-state index in [0.717, 1.165) is 10.9 Å². The Morgan fingerprint density at radius 2 is 2.00 bits per heavy atom. The van der Waals surface area contributed by atoms with Crippen LogP contribution in [0.15, 0.2) is 24.4 Å². The van der Waals surface area contributed by atoms with Crippen molar-refractivity contribution >= 4 is 10.9 Å². The van der Waals surface area contributed by atoms with Gasteiger partial charge in [0.25, 0.3) is 0 Å². The van der Waals surface area contributed by atoms with Crippen LogP contribution in [0.25, 0.3) is 10.9 Å². The van der Waals surface area contributed by atoms with E-state index in [4.69, 9.17) is 0 Å². The van der Waals surface area contributed by atoms with Gasteiger partial charge in [0, 0.05) is 11.6 Å². The van der Waals surface area contributed by atoms with E-state index in [0.29, 0.717) is 11.7 Å². The van der Waals surface area contributed by atoms with Gasteiger partial charge in [0.1, 0.15) is 5.75 Å². The molecule has 0 unspecified atom stereocenters. The molecule has 0 amide bonds. The second kappa shape index (κ2) is 2.80. The molecule has 2 N–H and O–H groups in total. The van der Waals surface area contributed by atoms with Gasteiger partial charge in [-0.3, -0.25) is 0 Å². The zero-order valence-corrected chi connectivity index (χ0v) is 7.83. The van der Waals surface area contributed by atoms with Crippen LogP contribution in [0.5, 0.6) is 5.75 Å². The van der Waals surface area contributed by atoms with E-state index >= 15 is 0 Å². The normalized spacial score (nSPS) is 11.3. The van der Waals surface area contributed by atoms with E-state index in [-0.39, 0.29) is 0 Å². The molecule has 1 aromatic carbocycles. The van der Waals surface area contributed by atoms with E-state index in [1.807, 2.05) is 18.3 Å². The SMILES string of the molecule is CC(C)c1ccc(O)c2cc[nH]c12. The third-order valence-electron chi connectivity index (χ3n) is 2.35. The number of hydrogen-bond donors (Lipinski definition) is 2.